The zero-order chi connectivity index (χ0) is 14.6. The fourth-order valence-corrected chi connectivity index (χ4v) is 0.978. The normalized spacial score (nSPS) is 13.9. The van der Waals surface area contributed by atoms with Crippen molar-refractivity contribution in [2.45, 2.75) is 58.8 Å². The van der Waals surface area contributed by atoms with E-state index in [1.54, 1.807) is 20.8 Å². The van der Waals surface area contributed by atoms with Crippen molar-refractivity contribution in [3.8, 4) is 0 Å². The van der Waals surface area contributed by atoms with Crippen molar-refractivity contribution in [1.29, 1.82) is 0 Å². The molecule has 18 heavy (non-hydrogen) atoms. The van der Waals surface area contributed by atoms with Gasteiger partial charge in [-0.3, -0.25) is 4.79 Å². The lowest BCUT2D eigenvalue weighted by molar-refractivity contribution is -0.123. The molecule has 3 N–H and O–H groups in total. The van der Waals surface area contributed by atoms with Gasteiger partial charge >= 0.3 is 6.09 Å². The van der Waals surface area contributed by atoms with Crippen molar-refractivity contribution in [3.63, 3.8) is 0 Å². The van der Waals surface area contributed by atoms with Gasteiger partial charge in [-0.1, -0.05) is 0 Å². The zero-order valence-corrected chi connectivity index (χ0v) is 12.0. The molecule has 1 atom stereocenters. The first kappa shape index (κ1) is 16.7. The van der Waals surface area contributed by atoms with Crippen LogP contribution >= 0.6 is 0 Å². The average molecular weight is 260 g/mol. The van der Waals surface area contributed by atoms with Gasteiger partial charge in [0.25, 0.3) is 0 Å². The van der Waals surface area contributed by atoms with Gasteiger partial charge in [-0.25, -0.2) is 4.79 Å². The summed E-state index contributed by atoms with van der Waals surface area (Å²) in [5, 5.41) is 2.38. The van der Waals surface area contributed by atoms with Gasteiger partial charge < -0.3 is 20.5 Å². The fourth-order valence-electron chi connectivity index (χ4n) is 0.978. The Labute approximate surface area is 108 Å². The van der Waals surface area contributed by atoms with E-state index in [0.29, 0.717) is 0 Å². The highest BCUT2D eigenvalue weighted by atomic mass is 16.6. The highest BCUT2D eigenvalue weighted by Crippen LogP contribution is 2.09. The largest absolute Gasteiger partial charge is 0.444 e. The summed E-state index contributed by atoms with van der Waals surface area (Å²) in [6.07, 6.45) is -0.691. The molecule has 0 saturated heterocycles. The topological polar surface area (TPSA) is 90.7 Å². The molecule has 0 aliphatic heterocycles. The zero-order valence-electron chi connectivity index (χ0n) is 12.0. The highest BCUT2D eigenvalue weighted by Gasteiger charge is 2.24. The number of amides is 2. The summed E-state index contributed by atoms with van der Waals surface area (Å²) < 4.78 is 10.4. The minimum absolute atomic E-state index is 0.0120. The molecule has 0 aliphatic rings. The summed E-state index contributed by atoms with van der Waals surface area (Å²) in [6, 6.07) is -0.904. The molecular weight excluding hydrogens is 236 g/mol. The SMILES string of the molecule is CC(C)(C)OC[C@@H](NC(=O)OC(C)(C)C)C(N)=O. The van der Waals surface area contributed by atoms with E-state index >= 15 is 0 Å². The van der Waals surface area contributed by atoms with Gasteiger partial charge in [-0.05, 0) is 41.5 Å². The van der Waals surface area contributed by atoms with Crippen LogP contribution in [-0.2, 0) is 14.3 Å². The van der Waals surface area contributed by atoms with Crippen LogP contribution in [0.5, 0.6) is 0 Å². The molecule has 2 amide bonds. The number of hydrogen-bond acceptors (Lipinski definition) is 4. The predicted octanol–water partition coefficient (Wildman–Crippen LogP) is 1.18. The van der Waals surface area contributed by atoms with E-state index in [4.69, 9.17) is 15.2 Å². The maximum atomic E-state index is 11.5. The lowest BCUT2D eigenvalue weighted by atomic mass is 10.2. The second kappa shape index (κ2) is 6.04. The fraction of sp³-hybridized carbons (Fsp3) is 0.833. The van der Waals surface area contributed by atoms with Crippen LogP contribution in [0.15, 0.2) is 0 Å². The van der Waals surface area contributed by atoms with Gasteiger partial charge in [0.05, 0.1) is 12.2 Å². The molecular formula is C12H24N2O4. The van der Waals surface area contributed by atoms with E-state index < -0.39 is 29.2 Å². The number of nitrogens with one attached hydrogen (secondary N) is 1. The molecule has 0 radical (unpaired) electrons. The van der Waals surface area contributed by atoms with Crippen LogP contribution in [0.3, 0.4) is 0 Å². The Morgan fingerprint density at radius 3 is 1.94 bits per heavy atom. The third-order valence-corrected chi connectivity index (χ3v) is 1.72. The summed E-state index contributed by atoms with van der Waals surface area (Å²) in [5.74, 6) is -0.662. The van der Waals surface area contributed by atoms with Gasteiger partial charge in [0.2, 0.25) is 5.91 Å². The number of nitrogens with two attached hydrogens (primary N) is 1. The number of carbonyl (C=O) groups excluding carboxylic acids is 2. The molecule has 0 rings (SSSR count). The Bertz CT molecular complexity index is 302. The molecule has 0 fully saturated rings. The lowest BCUT2D eigenvalue weighted by Gasteiger charge is -2.25. The van der Waals surface area contributed by atoms with Crippen LogP contribution in [0.25, 0.3) is 0 Å². The standard InChI is InChI=1S/C12H24N2O4/c1-11(2,3)17-7-8(9(13)15)14-10(16)18-12(4,5)6/h8H,7H2,1-6H3,(H2,13,15)(H,14,16)/t8-/m1/s1. The Hall–Kier alpha value is -1.30. The van der Waals surface area contributed by atoms with Crippen molar-refractivity contribution >= 4 is 12.0 Å². The van der Waals surface area contributed by atoms with E-state index in [1.807, 2.05) is 20.8 Å². The van der Waals surface area contributed by atoms with E-state index in [0.717, 1.165) is 0 Å². The number of primary amides is 1. The second-order valence-electron chi connectivity index (χ2n) is 6.02. The summed E-state index contributed by atoms with van der Waals surface area (Å²) in [5.41, 5.74) is 4.15. The minimum Gasteiger partial charge on any atom is -0.444 e. The average Bonchev–Trinajstić information content (AvgIpc) is 2.06. The van der Waals surface area contributed by atoms with E-state index in [9.17, 15) is 9.59 Å². The van der Waals surface area contributed by atoms with Crippen LogP contribution < -0.4 is 11.1 Å². The maximum Gasteiger partial charge on any atom is 0.408 e. The summed E-state index contributed by atoms with van der Waals surface area (Å²) in [4.78, 5) is 22.7. The molecule has 0 saturated carbocycles. The van der Waals surface area contributed by atoms with Crippen LogP contribution in [0, 0.1) is 0 Å². The lowest BCUT2D eigenvalue weighted by Crippen LogP contribution is -2.49. The molecule has 0 bridgehead atoms. The smallest absolute Gasteiger partial charge is 0.408 e. The number of ether oxygens (including phenoxy) is 2. The molecule has 6 heteroatoms. The summed E-state index contributed by atoms with van der Waals surface area (Å²) in [7, 11) is 0. The second-order valence-corrected chi connectivity index (χ2v) is 6.02. The number of carbonyl (C=O) groups is 2. The van der Waals surface area contributed by atoms with Gasteiger partial charge in [0.1, 0.15) is 11.6 Å². The maximum absolute atomic E-state index is 11.5. The van der Waals surface area contributed by atoms with Crippen molar-refractivity contribution in [2.24, 2.45) is 5.73 Å². The van der Waals surface area contributed by atoms with Crippen LogP contribution in [0.1, 0.15) is 41.5 Å². The number of hydrogen-bond donors (Lipinski definition) is 2. The van der Waals surface area contributed by atoms with Gasteiger partial charge in [-0.2, -0.15) is 0 Å². The Balaban J connectivity index is 4.37. The number of alkyl carbamates (subject to hydrolysis) is 1. The predicted molar refractivity (Wildman–Crippen MR) is 68.1 cm³/mol. The summed E-state index contributed by atoms with van der Waals surface area (Å²) >= 11 is 0. The minimum atomic E-state index is -0.904. The first-order chi connectivity index (χ1) is 7.91. The van der Waals surface area contributed by atoms with Crippen LogP contribution in [0.4, 0.5) is 4.79 Å². The van der Waals surface area contributed by atoms with Crippen molar-refractivity contribution in [3.05, 3.63) is 0 Å². The number of rotatable bonds is 4. The first-order valence-electron chi connectivity index (χ1n) is 5.83. The molecule has 0 aliphatic carbocycles. The Morgan fingerprint density at radius 2 is 1.61 bits per heavy atom. The third-order valence-electron chi connectivity index (χ3n) is 1.72. The molecule has 0 heterocycles. The Morgan fingerprint density at radius 1 is 1.11 bits per heavy atom. The quantitative estimate of drug-likeness (QED) is 0.794. The molecule has 106 valence electrons. The molecule has 0 unspecified atom stereocenters. The van der Waals surface area contributed by atoms with Crippen molar-refractivity contribution in [2.75, 3.05) is 6.61 Å². The van der Waals surface area contributed by atoms with Crippen LogP contribution in [0.2, 0.25) is 0 Å². The van der Waals surface area contributed by atoms with E-state index in [1.165, 1.54) is 0 Å². The van der Waals surface area contributed by atoms with Gasteiger partial charge in [-0.15, -0.1) is 0 Å². The summed E-state index contributed by atoms with van der Waals surface area (Å²) in [6.45, 7) is 10.8. The van der Waals surface area contributed by atoms with E-state index in [-0.39, 0.29) is 6.61 Å². The molecule has 0 spiro atoms. The first-order valence-corrected chi connectivity index (χ1v) is 5.83. The molecule has 6 nitrogen and oxygen atoms in total. The highest BCUT2D eigenvalue weighted by molar-refractivity contribution is 5.84. The molecule has 0 aromatic rings. The molecule has 0 aromatic heterocycles. The van der Waals surface area contributed by atoms with Crippen LogP contribution in [-0.4, -0.2) is 35.9 Å². The van der Waals surface area contributed by atoms with Gasteiger partial charge in [0.15, 0.2) is 0 Å². The Kier molecular flexibility index (Phi) is 5.60. The van der Waals surface area contributed by atoms with Crippen molar-refractivity contribution < 1.29 is 19.1 Å². The molecule has 0 aromatic carbocycles. The van der Waals surface area contributed by atoms with Crippen molar-refractivity contribution in [1.82, 2.24) is 5.32 Å². The van der Waals surface area contributed by atoms with Gasteiger partial charge in [0, 0.05) is 0 Å². The van der Waals surface area contributed by atoms with E-state index in [2.05, 4.69) is 5.32 Å². The third kappa shape index (κ3) is 8.81. The monoisotopic (exact) mass is 260 g/mol.